The largest absolute Gasteiger partial charge is 0.476 e. The molecule has 7 heteroatoms. The summed E-state index contributed by atoms with van der Waals surface area (Å²) < 4.78 is 11.3. The van der Waals surface area contributed by atoms with Crippen molar-refractivity contribution in [3.05, 3.63) is 94.5 Å². The van der Waals surface area contributed by atoms with Crippen molar-refractivity contribution in [1.29, 1.82) is 0 Å². The van der Waals surface area contributed by atoms with Crippen LogP contribution in [0.15, 0.2) is 72.8 Å². The number of nitrogens with one attached hydrogen (secondary N) is 1. The molecule has 1 N–H and O–H groups in total. The van der Waals surface area contributed by atoms with Gasteiger partial charge in [0.2, 0.25) is 5.60 Å². The maximum Gasteiger partial charge on any atom is 0.355 e. The number of Topliss-reactive ketones (excluding diaryl/α,β-unsaturated/α-hetero) is 1. The number of hydrogen-bond donors (Lipinski definition) is 1. The Morgan fingerprint density at radius 3 is 2.21 bits per heavy atom. The Kier molecular flexibility index (Phi) is 8.08. The van der Waals surface area contributed by atoms with E-state index in [1.807, 2.05) is 12.1 Å². The Hall–Kier alpha value is -3.64. The topological polar surface area (TPSA) is 81.7 Å². The van der Waals surface area contributed by atoms with Crippen LogP contribution in [0.5, 0.6) is 11.5 Å². The summed E-state index contributed by atoms with van der Waals surface area (Å²) >= 11 is 5.84. The van der Waals surface area contributed by atoms with E-state index in [1.165, 1.54) is 13.0 Å². The lowest BCUT2D eigenvalue weighted by atomic mass is 10.1. The van der Waals surface area contributed by atoms with E-state index in [1.54, 1.807) is 68.4 Å². The second kappa shape index (κ2) is 11.0. The highest BCUT2D eigenvalue weighted by molar-refractivity contribution is 6.30. The predicted molar refractivity (Wildman–Crippen MR) is 131 cm³/mol. The van der Waals surface area contributed by atoms with Gasteiger partial charge in [-0.1, -0.05) is 35.9 Å². The van der Waals surface area contributed by atoms with Gasteiger partial charge in [0.25, 0.3) is 5.91 Å². The van der Waals surface area contributed by atoms with Gasteiger partial charge >= 0.3 is 5.97 Å². The number of amides is 1. The minimum absolute atomic E-state index is 0.113. The molecule has 0 aliphatic rings. The number of benzene rings is 3. The Morgan fingerprint density at radius 1 is 0.882 bits per heavy atom. The molecule has 0 aliphatic heterocycles. The summed E-state index contributed by atoms with van der Waals surface area (Å²) in [4.78, 5) is 36.4. The van der Waals surface area contributed by atoms with Crippen molar-refractivity contribution < 1.29 is 23.9 Å². The molecule has 34 heavy (non-hydrogen) atoms. The van der Waals surface area contributed by atoms with Crippen molar-refractivity contribution in [2.24, 2.45) is 0 Å². The van der Waals surface area contributed by atoms with Crippen molar-refractivity contribution in [3.63, 3.8) is 0 Å². The van der Waals surface area contributed by atoms with Gasteiger partial charge in [0.1, 0.15) is 11.5 Å². The Morgan fingerprint density at radius 2 is 1.56 bits per heavy atom. The molecule has 0 saturated carbocycles. The van der Waals surface area contributed by atoms with Crippen LogP contribution in [0.4, 0.5) is 0 Å². The van der Waals surface area contributed by atoms with E-state index in [0.29, 0.717) is 34.9 Å². The molecule has 3 aromatic carbocycles. The molecule has 176 valence electrons. The van der Waals surface area contributed by atoms with Crippen LogP contribution in [0, 0.1) is 0 Å². The Bertz CT molecular complexity index is 1170. The summed E-state index contributed by atoms with van der Waals surface area (Å²) in [5.74, 6) is -0.0651. The average Bonchev–Trinajstić information content (AvgIpc) is 2.80. The zero-order valence-electron chi connectivity index (χ0n) is 19.3. The fourth-order valence-corrected chi connectivity index (χ4v) is 3.22. The summed E-state index contributed by atoms with van der Waals surface area (Å²) in [5.41, 5.74) is 0.768. The van der Waals surface area contributed by atoms with E-state index in [9.17, 15) is 14.4 Å². The van der Waals surface area contributed by atoms with Gasteiger partial charge in [0.05, 0.1) is 0 Å². The molecule has 0 spiro atoms. The van der Waals surface area contributed by atoms with E-state index in [-0.39, 0.29) is 17.4 Å². The lowest BCUT2D eigenvalue weighted by molar-refractivity contribution is -0.149. The fraction of sp³-hybridized carbons (Fsp3) is 0.222. The molecule has 0 saturated heterocycles. The molecule has 0 radical (unpaired) electrons. The average molecular weight is 480 g/mol. The number of carbonyl (C=O) groups is 3. The zero-order chi connectivity index (χ0) is 24.7. The summed E-state index contributed by atoms with van der Waals surface area (Å²) in [5, 5.41) is 3.45. The quantitative estimate of drug-likeness (QED) is 0.256. The van der Waals surface area contributed by atoms with Crippen molar-refractivity contribution in [2.75, 3.05) is 6.54 Å². The first kappa shape index (κ1) is 25.0. The van der Waals surface area contributed by atoms with Gasteiger partial charge in [0.15, 0.2) is 5.78 Å². The van der Waals surface area contributed by atoms with Crippen LogP contribution in [-0.2, 0) is 11.2 Å². The van der Waals surface area contributed by atoms with Crippen LogP contribution in [0.25, 0.3) is 0 Å². The van der Waals surface area contributed by atoms with E-state index in [2.05, 4.69) is 5.32 Å². The van der Waals surface area contributed by atoms with Crippen LogP contribution in [0.1, 0.15) is 47.1 Å². The number of carbonyl (C=O) groups excluding carboxylic acids is 3. The first-order valence-corrected chi connectivity index (χ1v) is 11.2. The monoisotopic (exact) mass is 479 g/mol. The van der Waals surface area contributed by atoms with Crippen LogP contribution < -0.4 is 14.8 Å². The maximum atomic E-state index is 12.6. The molecular formula is C27H26ClNO5. The Balaban J connectivity index is 1.52. The number of rotatable bonds is 9. The van der Waals surface area contributed by atoms with Gasteiger partial charge in [-0.3, -0.25) is 9.59 Å². The molecule has 3 rings (SSSR count). The Labute approximate surface area is 203 Å². The molecular weight excluding hydrogens is 454 g/mol. The summed E-state index contributed by atoms with van der Waals surface area (Å²) in [6.07, 6.45) is 0.636. The van der Waals surface area contributed by atoms with E-state index in [0.717, 1.165) is 5.56 Å². The van der Waals surface area contributed by atoms with E-state index in [4.69, 9.17) is 21.1 Å². The molecule has 0 aromatic heterocycles. The van der Waals surface area contributed by atoms with Gasteiger partial charge < -0.3 is 14.8 Å². The highest BCUT2D eigenvalue weighted by Crippen LogP contribution is 2.22. The standard InChI is InChI=1S/C27H26ClNO5/c1-18(30)21-5-4-6-24(17-21)33-26(32)27(2,3)34-23-13-7-19(8-14-23)15-16-29-25(31)20-9-11-22(28)12-10-20/h4-14,17H,15-16H2,1-3H3,(H,29,31). The van der Waals surface area contributed by atoms with Crippen molar-refractivity contribution >= 4 is 29.3 Å². The maximum absolute atomic E-state index is 12.6. The van der Waals surface area contributed by atoms with Crippen LogP contribution in [0.2, 0.25) is 5.02 Å². The van der Waals surface area contributed by atoms with Crippen molar-refractivity contribution in [3.8, 4) is 11.5 Å². The number of ether oxygens (including phenoxy) is 2. The molecule has 0 heterocycles. The SMILES string of the molecule is CC(=O)c1cccc(OC(=O)C(C)(C)Oc2ccc(CCNC(=O)c3ccc(Cl)cc3)cc2)c1. The van der Waals surface area contributed by atoms with Crippen LogP contribution >= 0.6 is 11.6 Å². The lowest BCUT2D eigenvalue weighted by Gasteiger charge is -2.24. The second-order valence-corrected chi connectivity index (χ2v) is 8.68. The van der Waals surface area contributed by atoms with Gasteiger partial charge in [-0.15, -0.1) is 0 Å². The molecule has 0 aliphatic carbocycles. The molecule has 0 fully saturated rings. The van der Waals surface area contributed by atoms with Gasteiger partial charge in [-0.05, 0) is 81.3 Å². The predicted octanol–water partition coefficient (Wildman–Crippen LogP) is 5.28. The molecule has 0 unspecified atom stereocenters. The molecule has 0 bridgehead atoms. The number of halogens is 1. The highest BCUT2D eigenvalue weighted by atomic mass is 35.5. The third-order valence-corrected chi connectivity index (χ3v) is 5.30. The minimum atomic E-state index is -1.25. The molecule has 0 atom stereocenters. The normalized spacial score (nSPS) is 10.9. The fourth-order valence-electron chi connectivity index (χ4n) is 3.09. The summed E-state index contributed by atoms with van der Waals surface area (Å²) in [6.45, 7) is 5.15. The van der Waals surface area contributed by atoms with Crippen molar-refractivity contribution in [2.45, 2.75) is 32.8 Å². The number of ketones is 1. The molecule has 1 amide bonds. The van der Waals surface area contributed by atoms with Gasteiger partial charge in [-0.25, -0.2) is 4.79 Å². The second-order valence-electron chi connectivity index (χ2n) is 8.24. The van der Waals surface area contributed by atoms with Gasteiger partial charge in [0, 0.05) is 22.7 Å². The van der Waals surface area contributed by atoms with Crippen LogP contribution in [0.3, 0.4) is 0 Å². The third kappa shape index (κ3) is 6.93. The smallest absolute Gasteiger partial charge is 0.355 e. The summed E-state index contributed by atoms with van der Waals surface area (Å²) in [7, 11) is 0. The molecule has 6 nitrogen and oxygen atoms in total. The van der Waals surface area contributed by atoms with Crippen molar-refractivity contribution in [1.82, 2.24) is 5.32 Å². The van der Waals surface area contributed by atoms with Gasteiger partial charge in [-0.2, -0.15) is 0 Å². The zero-order valence-corrected chi connectivity index (χ0v) is 20.0. The number of esters is 1. The minimum Gasteiger partial charge on any atom is -0.476 e. The van der Waals surface area contributed by atoms with E-state index >= 15 is 0 Å². The lowest BCUT2D eigenvalue weighted by Crippen LogP contribution is -2.41. The highest BCUT2D eigenvalue weighted by Gasteiger charge is 2.32. The third-order valence-electron chi connectivity index (χ3n) is 5.04. The first-order valence-electron chi connectivity index (χ1n) is 10.8. The van der Waals surface area contributed by atoms with Crippen LogP contribution in [-0.4, -0.2) is 29.8 Å². The first-order chi connectivity index (χ1) is 16.1. The summed E-state index contributed by atoms with van der Waals surface area (Å²) in [6, 6.07) is 20.4. The number of hydrogen-bond acceptors (Lipinski definition) is 5. The molecule has 3 aromatic rings. The van der Waals surface area contributed by atoms with E-state index < -0.39 is 11.6 Å².